The summed E-state index contributed by atoms with van der Waals surface area (Å²) in [6.07, 6.45) is 9.69. The molecular weight excluding hydrogens is 679 g/mol. The number of carbonyl (C=O) groups excluding carboxylic acids is 3. The summed E-state index contributed by atoms with van der Waals surface area (Å²) < 4.78 is 0. The molecule has 0 spiro atoms. The average molecular weight is 720 g/mol. The zero-order chi connectivity index (χ0) is 35.6. The predicted molar refractivity (Wildman–Crippen MR) is 199 cm³/mol. The van der Waals surface area contributed by atoms with Crippen LogP contribution >= 0.6 is 22.7 Å². The molecular formula is C34H41N9O5S2. The number of nitrogens with two attached hydrogens (primary N) is 1. The first-order valence-electron chi connectivity index (χ1n) is 16.4. The maximum absolute atomic E-state index is 12.3. The second-order valence-electron chi connectivity index (χ2n) is 12.0. The Morgan fingerprint density at radius 3 is 1.46 bits per heavy atom. The minimum absolute atomic E-state index is 0.0830. The van der Waals surface area contributed by atoms with Crippen molar-refractivity contribution in [2.75, 3.05) is 57.2 Å². The number of carboxylic acids is 1. The zero-order valence-electron chi connectivity index (χ0n) is 28.0. The molecule has 2 aliphatic rings. The Morgan fingerprint density at radius 1 is 0.660 bits per heavy atom. The summed E-state index contributed by atoms with van der Waals surface area (Å²) in [6.45, 7) is 8.02. The fourth-order valence-electron chi connectivity index (χ4n) is 5.67. The van der Waals surface area contributed by atoms with E-state index < -0.39 is 23.9 Å². The molecule has 2 saturated heterocycles. The molecule has 2 aromatic heterocycles. The first-order valence-corrected chi connectivity index (χ1v) is 18.0. The van der Waals surface area contributed by atoms with Gasteiger partial charge in [-0.05, 0) is 87.8 Å². The van der Waals surface area contributed by atoms with Gasteiger partial charge in [0, 0.05) is 26.2 Å². The van der Waals surface area contributed by atoms with Gasteiger partial charge in [0.1, 0.15) is 9.75 Å². The Bertz CT molecular complexity index is 1700. The topological polar surface area (TPSA) is 195 Å². The van der Waals surface area contributed by atoms with E-state index in [4.69, 9.17) is 10.8 Å². The number of amides is 5. The van der Waals surface area contributed by atoms with E-state index in [0.717, 1.165) is 108 Å². The standard InChI is InChI=1S/C17H21N5O2S.C17H20N4O3S/c1-11-5-6-12(13(9-11)22-7-3-2-4-8-22)20-16(24)21-17-19-10-14(25-17)15(18)23;1-11-5-6-12(13(9-11)21-7-3-2-4-8-21)19-16(24)20-17-18-10-14(25-17)15(22)23/h5-6,9-10H,2-4,7-8H2,1H3,(H2,18,23)(H2,19,20,21,24);5-6,9-10H,2-4,7-8H2,1H3,(H,22,23)(H2,18,19,20,24). The van der Waals surface area contributed by atoms with Gasteiger partial charge in [0.2, 0.25) is 0 Å². The molecule has 2 fully saturated rings. The Kier molecular flexibility index (Phi) is 12.2. The summed E-state index contributed by atoms with van der Waals surface area (Å²) in [5, 5.41) is 20.5. The van der Waals surface area contributed by atoms with Crippen LogP contribution in [0.25, 0.3) is 0 Å². The van der Waals surface area contributed by atoms with Crippen LogP contribution in [-0.4, -0.2) is 65.2 Å². The van der Waals surface area contributed by atoms with Crippen LogP contribution < -0.4 is 36.8 Å². The van der Waals surface area contributed by atoms with Gasteiger partial charge >= 0.3 is 18.0 Å². The number of urea groups is 2. The number of anilines is 6. The number of hydrogen-bond acceptors (Lipinski definition) is 10. The van der Waals surface area contributed by atoms with Gasteiger partial charge < -0.3 is 31.3 Å². The smallest absolute Gasteiger partial charge is 0.347 e. The summed E-state index contributed by atoms with van der Waals surface area (Å²) in [4.78, 5) is 59.4. The number of rotatable bonds is 8. The summed E-state index contributed by atoms with van der Waals surface area (Å²) in [5.74, 6) is -1.62. The first-order chi connectivity index (χ1) is 24.0. The van der Waals surface area contributed by atoms with Crippen molar-refractivity contribution in [3.8, 4) is 0 Å². The highest BCUT2D eigenvalue weighted by Crippen LogP contribution is 2.31. The number of nitrogens with zero attached hydrogens (tertiary/aromatic N) is 4. The number of benzene rings is 2. The molecule has 16 heteroatoms. The van der Waals surface area contributed by atoms with Gasteiger partial charge in [-0.25, -0.2) is 24.4 Å². The summed E-state index contributed by atoms with van der Waals surface area (Å²) in [5.41, 5.74) is 11.0. The largest absolute Gasteiger partial charge is 0.477 e. The molecule has 14 nitrogen and oxygen atoms in total. The van der Waals surface area contributed by atoms with E-state index in [0.29, 0.717) is 10.0 Å². The summed E-state index contributed by atoms with van der Waals surface area (Å²) in [7, 11) is 0. The third-order valence-electron chi connectivity index (χ3n) is 8.10. The lowest BCUT2D eigenvalue weighted by Crippen LogP contribution is -2.31. The molecule has 0 radical (unpaired) electrons. The van der Waals surface area contributed by atoms with Gasteiger partial charge in [0.15, 0.2) is 10.3 Å². The van der Waals surface area contributed by atoms with Crippen LogP contribution in [-0.2, 0) is 0 Å². The van der Waals surface area contributed by atoms with E-state index in [1.807, 2.05) is 38.1 Å². The van der Waals surface area contributed by atoms with Crippen molar-refractivity contribution in [2.45, 2.75) is 52.4 Å². The molecule has 0 saturated carbocycles. The third kappa shape index (κ3) is 9.92. The highest BCUT2D eigenvalue weighted by atomic mass is 32.1. The molecule has 0 bridgehead atoms. The van der Waals surface area contributed by atoms with E-state index in [1.165, 1.54) is 25.2 Å². The van der Waals surface area contributed by atoms with Crippen LogP contribution in [0.2, 0.25) is 0 Å². The van der Waals surface area contributed by atoms with Gasteiger partial charge in [0.25, 0.3) is 5.91 Å². The second kappa shape index (κ2) is 16.9. The van der Waals surface area contributed by atoms with Crippen LogP contribution in [0.1, 0.15) is 69.0 Å². The highest BCUT2D eigenvalue weighted by Gasteiger charge is 2.19. The number of thiazole rings is 2. The lowest BCUT2D eigenvalue weighted by atomic mass is 10.1. The van der Waals surface area contributed by atoms with Gasteiger partial charge in [-0.1, -0.05) is 34.8 Å². The van der Waals surface area contributed by atoms with Crippen molar-refractivity contribution < 1.29 is 24.3 Å². The Balaban J connectivity index is 0.000000194. The maximum Gasteiger partial charge on any atom is 0.347 e. The molecule has 2 aliphatic heterocycles. The van der Waals surface area contributed by atoms with Crippen LogP contribution in [0.3, 0.4) is 0 Å². The van der Waals surface area contributed by atoms with Crippen molar-refractivity contribution in [3.05, 3.63) is 69.7 Å². The van der Waals surface area contributed by atoms with Crippen LogP contribution in [0.5, 0.6) is 0 Å². The maximum atomic E-state index is 12.3. The Morgan fingerprint density at radius 2 is 1.08 bits per heavy atom. The molecule has 50 heavy (non-hydrogen) atoms. The monoisotopic (exact) mass is 719 g/mol. The molecule has 4 aromatic rings. The van der Waals surface area contributed by atoms with Crippen LogP contribution in [0, 0.1) is 13.8 Å². The molecule has 0 aliphatic carbocycles. The van der Waals surface area contributed by atoms with Crippen LogP contribution in [0.4, 0.5) is 42.6 Å². The molecule has 2 aromatic carbocycles. The lowest BCUT2D eigenvalue weighted by Gasteiger charge is -2.30. The number of aryl methyl sites for hydroxylation is 2. The van der Waals surface area contributed by atoms with Crippen molar-refractivity contribution in [2.24, 2.45) is 5.73 Å². The quantitative estimate of drug-likeness (QED) is 0.111. The molecule has 0 unspecified atom stereocenters. The minimum Gasteiger partial charge on any atom is -0.477 e. The minimum atomic E-state index is -1.06. The molecule has 0 atom stereocenters. The fraction of sp³-hybridized carbons (Fsp3) is 0.353. The van der Waals surface area contributed by atoms with Crippen molar-refractivity contribution in [1.82, 2.24) is 9.97 Å². The van der Waals surface area contributed by atoms with E-state index in [-0.39, 0.29) is 10.0 Å². The highest BCUT2D eigenvalue weighted by molar-refractivity contribution is 7.17. The number of nitrogens with one attached hydrogen (secondary N) is 4. The van der Waals surface area contributed by atoms with Crippen molar-refractivity contribution in [1.29, 1.82) is 0 Å². The zero-order valence-corrected chi connectivity index (χ0v) is 29.6. The summed E-state index contributed by atoms with van der Waals surface area (Å²) >= 11 is 1.97. The molecule has 6 rings (SSSR count). The average Bonchev–Trinajstić information content (AvgIpc) is 3.78. The van der Waals surface area contributed by atoms with Crippen molar-refractivity contribution >= 4 is 79.6 Å². The first kappa shape index (κ1) is 36.1. The number of piperidine rings is 2. The predicted octanol–water partition coefficient (Wildman–Crippen LogP) is 6.97. The second-order valence-corrected chi connectivity index (χ2v) is 14.1. The third-order valence-corrected chi connectivity index (χ3v) is 9.93. The van der Waals surface area contributed by atoms with Crippen LogP contribution in [0.15, 0.2) is 48.8 Å². The SMILES string of the molecule is Cc1ccc(NC(=O)Nc2ncc(C(=O)O)s2)c(N2CCCCC2)c1.Cc1ccc(NC(=O)Nc2ncc(C(N)=O)s2)c(N2CCCCC2)c1. The Labute approximate surface area is 298 Å². The molecule has 7 N–H and O–H groups in total. The van der Waals surface area contributed by atoms with Gasteiger partial charge in [-0.2, -0.15) is 0 Å². The van der Waals surface area contributed by atoms with Gasteiger partial charge in [-0.3, -0.25) is 15.4 Å². The summed E-state index contributed by atoms with van der Waals surface area (Å²) in [6, 6.07) is 11.1. The number of carboxylic acid groups (broad SMARTS) is 1. The van der Waals surface area contributed by atoms with E-state index in [2.05, 4.69) is 53.2 Å². The molecule has 264 valence electrons. The number of carbonyl (C=O) groups is 4. The van der Waals surface area contributed by atoms with E-state index >= 15 is 0 Å². The number of aromatic carboxylic acids is 1. The van der Waals surface area contributed by atoms with E-state index in [9.17, 15) is 19.2 Å². The lowest BCUT2D eigenvalue weighted by molar-refractivity contribution is 0.0701. The Hall–Kier alpha value is -5.22. The van der Waals surface area contributed by atoms with Gasteiger partial charge in [-0.15, -0.1) is 0 Å². The fourth-order valence-corrected chi connectivity index (χ4v) is 6.98. The normalized spacial score (nSPS) is 14.2. The van der Waals surface area contributed by atoms with E-state index in [1.54, 1.807) is 0 Å². The van der Waals surface area contributed by atoms with Crippen molar-refractivity contribution in [3.63, 3.8) is 0 Å². The molecule has 5 amide bonds. The number of aromatic nitrogens is 2. The number of hydrogen-bond donors (Lipinski definition) is 6. The number of primary amides is 1. The molecule has 4 heterocycles. The van der Waals surface area contributed by atoms with Gasteiger partial charge in [0.05, 0.1) is 35.1 Å².